The van der Waals surface area contributed by atoms with Gasteiger partial charge >= 0.3 is 0 Å². The number of rotatable bonds is 7. The van der Waals surface area contributed by atoms with E-state index in [1.54, 1.807) is 4.68 Å². The average molecular weight is 311 g/mol. The van der Waals surface area contributed by atoms with Gasteiger partial charge in [0.2, 0.25) is 5.91 Å². The van der Waals surface area contributed by atoms with Crippen LogP contribution in [0.5, 0.6) is 0 Å². The SMILES string of the molecule is CCNCCNC(=O)Cc1ccc(-n2cnnn2)cc1.Cl. The summed E-state index contributed by atoms with van der Waals surface area (Å²) in [6.07, 6.45) is 1.91. The van der Waals surface area contributed by atoms with Crippen molar-refractivity contribution in [3.63, 3.8) is 0 Å². The summed E-state index contributed by atoms with van der Waals surface area (Å²) in [7, 11) is 0. The Bertz CT molecular complexity index is 528. The highest BCUT2D eigenvalue weighted by Crippen LogP contribution is 2.08. The fourth-order valence-corrected chi connectivity index (χ4v) is 1.76. The number of halogens is 1. The molecule has 0 spiro atoms. The topological polar surface area (TPSA) is 84.7 Å². The van der Waals surface area contributed by atoms with Gasteiger partial charge in [0.1, 0.15) is 6.33 Å². The maximum Gasteiger partial charge on any atom is 0.224 e. The molecule has 0 saturated heterocycles. The number of hydrogen-bond donors (Lipinski definition) is 2. The van der Waals surface area contributed by atoms with Gasteiger partial charge in [0.25, 0.3) is 0 Å². The van der Waals surface area contributed by atoms with Gasteiger partial charge in [-0.3, -0.25) is 4.79 Å². The summed E-state index contributed by atoms with van der Waals surface area (Å²) in [4.78, 5) is 11.7. The van der Waals surface area contributed by atoms with Crippen LogP contribution in [0.2, 0.25) is 0 Å². The zero-order valence-electron chi connectivity index (χ0n) is 11.8. The van der Waals surface area contributed by atoms with Gasteiger partial charge in [-0.1, -0.05) is 19.1 Å². The number of benzene rings is 1. The number of carbonyl (C=O) groups excluding carboxylic acids is 1. The van der Waals surface area contributed by atoms with E-state index in [0.717, 1.165) is 24.3 Å². The number of amides is 1. The molecule has 2 aromatic rings. The molecule has 7 nitrogen and oxygen atoms in total. The predicted molar refractivity (Wildman–Crippen MR) is 81.7 cm³/mol. The second-order valence-electron chi connectivity index (χ2n) is 4.30. The molecule has 0 unspecified atom stereocenters. The Hall–Kier alpha value is -1.99. The second-order valence-corrected chi connectivity index (χ2v) is 4.30. The Morgan fingerprint density at radius 3 is 2.62 bits per heavy atom. The minimum Gasteiger partial charge on any atom is -0.355 e. The molecular weight excluding hydrogens is 292 g/mol. The van der Waals surface area contributed by atoms with Crippen LogP contribution in [0.25, 0.3) is 5.69 Å². The van der Waals surface area contributed by atoms with E-state index in [0.29, 0.717) is 13.0 Å². The molecule has 1 amide bonds. The normalized spacial score (nSPS) is 9.95. The first-order chi connectivity index (χ1) is 9.79. The number of aromatic nitrogens is 4. The van der Waals surface area contributed by atoms with Crippen LogP contribution in [-0.4, -0.2) is 45.7 Å². The van der Waals surface area contributed by atoms with Gasteiger partial charge in [-0.15, -0.1) is 17.5 Å². The lowest BCUT2D eigenvalue weighted by Gasteiger charge is -2.06. The van der Waals surface area contributed by atoms with Crippen LogP contribution in [0.15, 0.2) is 30.6 Å². The molecule has 0 radical (unpaired) electrons. The van der Waals surface area contributed by atoms with Crippen LogP contribution < -0.4 is 10.6 Å². The van der Waals surface area contributed by atoms with E-state index in [-0.39, 0.29) is 18.3 Å². The Morgan fingerprint density at radius 1 is 1.24 bits per heavy atom. The first-order valence-electron chi connectivity index (χ1n) is 6.59. The van der Waals surface area contributed by atoms with E-state index in [1.807, 2.05) is 31.2 Å². The number of nitrogens with zero attached hydrogens (tertiary/aromatic N) is 4. The molecule has 2 N–H and O–H groups in total. The molecule has 0 saturated carbocycles. The maximum atomic E-state index is 11.7. The summed E-state index contributed by atoms with van der Waals surface area (Å²) in [5.74, 6) is 0.0260. The third-order valence-electron chi connectivity index (χ3n) is 2.79. The van der Waals surface area contributed by atoms with Crippen LogP contribution in [0.3, 0.4) is 0 Å². The van der Waals surface area contributed by atoms with Crippen LogP contribution in [-0.2, 0) is 11.2 Å². The Labute approximate surface area is 129 Å². The summed E-state index contributed by atoms with van der Waals surface area (Å²) in [6.45, 7) is 4.39. The van der Waals surface area contributed by atoms with Crippen molar-refractivity contribution < 1.29 is 4.79 Å². The lowest BCUT2D eigenvalue weighted by molar-refractivity contribution is -0.120. The fourth-order valence-electron chi connectivity index (χ4n) is 1.76. The number of hydrogen-bond acceptors (Lipinski definition) is 5. The van der Waals surface area contributed by atoms with E-state index >= 15 is 0 Å². The lowest BCUT2D eigenvalue weighted by atomic mass is 10.1. The summed E-state index contributed by atoms with van der Waals surface area (Å²) < 4.78 is 1.57. The molecule has 21 heavy (non-hydrogen) atoms. The van der Waals surface area contributed by atoms with Crippen molar-refractivity contribution in [2.24, 2.45) is 0 Å². The van der Waals surface area contributed by atoms with Crippen molar-refractivity contribution >= 4 is 18.3 Å². The van der Waals surface area contributed by atoms with Gasteiger partial charge in [0.05, 0.1) is 12.1 Å². The Balaban J connectivity index is 0.00000220. The second kappa shape index (κ2) is 9.04. The fraction of sp³-hybridized carbons (Fsp3) is 0.385. The first-order valence-corrected chi connectivity index (χ1v) is 6.59. The summed E-state index contributed by atoms with van der Waals surface area (Å²) in [5.41, 5.74) is 1.83. The van der Waals surface area contributed by atoms with Crippen molar-refractivity contribution in [3.8, 4) is 5.69 Å². The highest BCUT2D eigenvalue weighted by atomic mass is 35.5. The largest absolute Gasteiger partial charge is 0.355 e. The van der Waals surface area contributed by atoms with Crippen molar-refractivity contribution in [2.45, 2.75) is 13.3 Å². The molecule has 0 bridgehead atoms. The predicted octanol–water partition coefficient (Wildman–Crippen LogP) is 0.352. The molecule has 1 heterocycles. The van der Waals surface area contributed by atoms with Crippen molar-refractivity contribution in [1.29, 1.82) is 0 Å². The molecule has 1 aromatic carbocycles. The number of nitrogens with one attached hydrogen (secondary N) is 2. The number of carbonyl (C=O) groups is 1. The third-order valence-corrected chi connectivity index (χ3v) is 2.79. The molecule has 2 rings (SSSR count). The van der Waals surface area contributed by atoms with E-state index in [2.05, 4.69) is 26.2 Å². The van der Waals surface area contributed by atoms with Crippen molar-refractivity contribution in [2.75, 3.05) is 19.6 Å². The summed E-state index contributed by atoms with van der Waals surface area (Å²) in [5, 5.41) is 17.0. The lowest BCUT2D eigenvalue weighted by Crippen LogP contribution is -2.32. The van der Waals surface area contributed by atoms with E-state index < -0.39 is 0 Å². The summed E-state index contributed by atoms with van der Waals surface area (Å²) >= 11 is 0. The van der Waals surface area contributed by atoms with Crippen LogP contribution in [0.1, 0.15) is 12.5 Å². The highest BCUT2D eigenvalue weighted by molar-refractivity contribution is 5.85. The summed E-state index contributed by atoms with van der Waals surface area (Å²) in [6, 6.07) is 7.58. The van der Waals surface area contributed by atoms with Gasteiger partial charge in [-0.25, -0.2) is 4.68 Å². The molecule has 0 atom stereocenters. The smallest absolute Gasteiger partial charge is 0.224 e. The van der Waals surface area contributed by atoms with Crippen LogP contribution in [0.4, 0.5) is 0 Å². The van der Waals surface area contributed by atoms with Crippen LogP contribution in [0, 0.1) is 0 Å². The number of likely N-dealkylation sites (N-methyl/N-ethyl adjacent to an activating group) is 1. The van der Waals surface area contributed by atoms with Crippen LogP contribution >= 0.6 is 12.4 Å². The quantitative estimate of drug-likeness (QED) is 0.721. The molecule has 0 aliphatic rings. The highest BCUT2D eigenvalue weighted by Gasteiger charge is 2.03. The minimum atomic E-state index is 0. The molecule has 114 valence electrons. The molecule has 0 aliphatic heterocycles. The maximum absolute atomic E-state index is 11.7. The zero-order valence-corrected chi connectivity index (χ0v) is 12.6. The zero-order chi connectivity index (χ0) is 14.2. The van der Waals surface area contributed by atoms with Gasteiger partial charge in [-0.2, -0.15) is 0 Å². The average Bonchev–Trinajstić information content (AvgIpc) is 2.99. The Morgan fingerprint density at radius 2 is 2.00 bits per heavy atom. The molecular formula is C13H19ClN6O. The van der Waals surface area contributed by atoms with Gasteiger partial charge in [0.15, 0.2) is 0 Å². The van der Waals surface area contributed by atoms with Gasteiger partial charge in [-0.05, 0) is 34.7 Å². The van der Waals surface area contributed by atoms with Crippen molar-refractivity contribution in [3.05, 3.63) is 36.2 Å². The van der Waals surface area contributed by atoms with E-state index in [1.165, 1.54) is 6.33 Å². The third kappa shape index (κ3) is 5.49. The van der Waals surface area contributed by atoms with Gasteiger partial charge in [0, 0.05) is 13.1 Å². The van der Waals surface area contributed by atoms with E-state index in [9.17, 15) is 4.79 Å². The standard InChI is InChI=1S/C13H18N6O.ClH/c1-2-14-7-8-15-13(20)9-11-3-5-12(6-4-11)19-10-16-17-18-19;/h3-6,10,14H,2,7-9H2,1H3,(H,15,20);1H. The molecule has 8 heteroatoms. The molecule has 0 aliphatic carbocycles. The molecule has 1 aromatic heterocycles. The monoisotopic (exact) mass is 310 g/mol. The Kier molecular flexibility index (Phi) is 7.34. The molecule has 0 fully saturated rings. The van der Waals surface area contributed by atoms with E-state index in [4.69, 9.17) is 0 Å². The first kappa shape index (κ1) is 17.1. The van der Waals surface area contributed by atoms with Gasteiger partial charge < -0.3 is 10.6 Å². The minimum absolute atomic E-state index is 0. The number of tetrazole rings is 1. The van der Waals surface area contributed by atoms with Crippen molar-refractivity contribution in [1.82, 2.24) is 30.8 Å².